The molecule has 3 heteroatoms. The molecule has 0 bridgehead atoms. The van der Waals surface area contributed by atoms with Crippen molar-refractivity contribution in [2.45, 2.75) is 13.1 Å². The van der Waals surface area contributed by atoms with Crippen molar-refractivity contribution < 1.29 is 0 Å². The predicted octanol–water partition coefficient (Wildman–Crippen LogP) is -1.58. The van der Waals surface area contributed by atoms with Crippen molar-refractivity contribution in [3.05, 3.63) is 0 Å². The summed E-state index contributed by atoms with van der Waals surface area (Å²) in [5, 5.41) is 0. The smallest absolute Gasteiger partial charge is 0.00570 e. The monoisotopic (exact) mass is 120 g/mol. The van der Waals surface area contributed by atoms with Crippen LogP contribution in [-0.4, -0.2) is 26.6 Å². The van der Waals surface area contributed by atoms with E-state index in [1.165, 1.54) is 0 Å². The summed E-state index contributed by atoms with van der Waals surface area (Å²) in [5.74, 6) is 0. The summed E-state index contributed by atoms with van der Waals surface area (Å²) < 4.78 is 0. The molecule has 0 heterocycles. The van der Waals surface area contributed by atoms with Gasteiger partial charge in [0.1, 0.15) is 0 Å². The average molecular weight is 120 g/mol. The van der Waals surface area contributed by atoms with Gasteiger partial charge in [0.05, 0.1) is 0 Å². The van der Waals surface area contributed by atoms with Gasteiger partial charge in [0.25, 0.3) is 0 Å². The molecule has 0 spiro atoms. The molecule has 0 aliphatic heterocycles. The Bertz CT molecular complexity index is 18.9. The van der Waals surface area contributed by atoms with E-state index in [0.717, 1.165) is 0 Å². The molecule has 0 rings (SSSR count). The Morgan fingerprint density at radius 1 is 1.80 bits per heavy atom. The van der Waals surface area contributed by atoms with Crippen LogP contribution in [0.15, 0.2) is 0 Å². The van der Waals surface area contributed by atoms with Crippen molar-refractivity contribution in [3.8, 4) is 0 Å². The first-order valence-electron chi connectivity index (χ1n) is 2.27. The van der Waals surface area contributed by atoms with Gasteiger partial charge in [0.2, 0.25) is 0 Å². The third kappa shape index (κ3) is 4.65. The van der Waals surface area contributed by atoms with E-state index in [1.807, 2.05) is 0 Å². The summed E-state index contributed by atoms with van der Waals surface area (Å²) in [4.78, 5) is 0. The fraction of sp³-hybridized carbons (Fsp3) is 1.00. The normalized spacial score (nSPS) is 18.0. The highest BCUT2D eigenvalue weighted by molar-refractivity contribution is 7.34. The maximum Gasteiger partial charge on any atom is 0.00570 e. The van der Waals surface area contributed by atoms with Crippen molar-refractivity contribution in [1.29, 1.82) is 0 Å². The number of hydrogen-bond donors (Lipinski definition) is 0. The fourth-order valence-electron chi connectivity index (χ4n) is 0. The van der Waals surface area contributed by atoms with Gasteiger partial charge in [-0.25, -0.2) is 0 Å². The van der Waals surface area contributed by atoms with Crippen molar-refractivity contribution in [2.75, 3.05) is 0 Å². The third-order valence-electron chi connectivity index (χ3n) is 0.816. The van der Waals surface area contributed by atoms with Gasteiger partial charge < -0.3 is 0 Å². The highest BCUT2D eigenvalue weighted by atomic mass is 29.5. The summed E-state index contributed by atoms with van der Waals surface area (Å²) >= 11 is 0. The quantitative estimate of drug-likeness (QED) is 0.367. The molecule has 0 aliphatic carbocycles. The van der Waals surface area contributed by atoms with Crippen LogP contribution in [0.3, 0.4) is 0 Å². The lowest BCUT2D eigenvalue weighted by molar-refractivity contribution is 2.26. The second-order valence-corrected chi connectivity index (χ2v) is 23.6. The summed E-state index contributed by atoms with van der Waals surface area (Å²) in [6.07, 6.45) is 0. The summed E-state index contributed by atoms with van der Waals surface area (Å²) in [6.45, 7) is 4.92. The fourth-order valence-corrected chi connectivity index (χ4v) is 0. The molecule has 1 atom stereocenters. The minimum Gasteiger partial charge on any atom is -0.0771 e. The highest BCUT2D eigenvalue weighted by Gasteiger charge is 1.84. The van der Waals surface area contributed by atoms with Crippen molar-refractivity contribution in [3.63, 3.8) is 0 Å². The molecule has 0 radical (unpaired) electrons. The van der Waals surface area contributed by atoms with Crippen LogP contribution in [0.4, 0.5) is 0 Å². The van der Waals surface area contributed by atoms with E-state index in [0.29, 0.717) is 9.04 Å². The van der Waals surface area contributed by atoms with Crippen molar-refractivity contribution in [1.82, 2.24) is 0 Å². The Hall–Kier alpha value is 0.651. The Morgan fingerprint density at radius 2 is 2.00 bits per heavy atom. The molecule has 0 amide bonds. The zero-order chi connectivity index (χ0) is 4.28. The van der Waals surface area contributed by atoms with E-state index in [9.17, 15) is 0 Å². The maximum absolute atomic E-state index is 2.48. The largest absolute Gasteiger partial charge is 0.0771 e. The molecule has 32 valence electrons. The number of rotatable bonds is 1. The average Bonchev–Trinajstić information content (AvgIpc) is 1.38. The van der Waals surface area contributed by atoms with Gasteiger partial charge in [0, 0.05) is 16.9 Å². The van der Waals surface area contributed by atoms with Gasteiger partial charge in [-0.05, 0) is 9.76 Å². The minimum atomic E-state index is 0.128. The minimum absolute atomic E-state index is 0.128. The van der Waals surface area contributed by atoms with Crippen molar-refractivity contribution >= 4 is 26.6 Å². The van der Waals surface area contributed by atoms with Gasteiger partial charge in [-0.1, -0.05) is 13.1 Å². The molecule has 0 aliphatic rings. The van der Waals surface area contributed by atoms with Crippen LogP contribution in [0.1, 0.15) is 0 Å². The van der Waals surface area contributed by atoms with Crippen LogP contribution in [0, 0.1) is 0 Å². The molecule has 0 N–H and O–H groups in total. The predicted molar refractivity (Wildman–Crippen MR) is 37.4 cm³/mol. The molecule has 0 nitrogen and oxygen atoms in total. The number of hydrogen-bond acceptors (Lipinski definition) is 0. The SMILES string of the molecule is C[SiH2][SiH](C)[SiH3]. The van der Waals surface area contributed by atoms with Gasteiger partial charge in [-0.2, -0.15) is 0 Å². The van der Waals surface area contributed by atoms with E-state index in [-0.39, 0.29) is 7.83 Å². The van der Waals surface area contributed by atoms with E-state index < -0.39 is 0 Å². The lowest BCUT2D eigenvalue weighted by atomic mass is 11.9. The molecular weight excluding hydrogens is 108 g/mol. The molecule has 1 unspecified atom stereocenters. The molecule has 0 saturated carbocycles. The van der Waals surface area contributed by atoms with Crippen LogP contribution < -0.4 is 0 Å². The first-order valence-corrected chi connectivity index (χ1v) is 12.7. The molecule has 5 heavy (non-hydrogen) atoms. The highest BCUT2D eigenvalue weighted by Crippen LogP contribution is 1.62. The Kier molecular flexibility index (Phi) is 3.24. The van der Waals surface area contributed by atoms with Gasteiger partial charge >= 0.3 is 0 Å². The van der Waals surface area contributed by atoms with E-state index in [2.05, 4.69) is 13.1 Å². The lowest BCUT2D eigenvalue weighted by Gasteiger charge is -1.86. The second kappa shape index (κ2) is 2.87. The lowest BCUT2D eigenvalue weighted by Crippen LogP contribution is -2.13. The first kappa shape index (κ1) is 5.65. The molecular formula is C2H12Si3. The topological polar surface area (TPSA) is 0 Å². The molecule has 0 saturated heterocycles. The van der Waals surface area contributed by atoms with E-state index in [4.69, 9.17) is 0 Å². The van der Waals surface area contributed by atoms with Crippen molar-refractivity contribution in [2.24, 2.45) is 0 Å². The Balaban J connectivity index is 2.54. The zero-order valence-electron chi connectivity index (χ0n) is 4.28. The van der Waals surface area contributed by atoms with Crippen LogP contribution in [0.2, 0.25) is 13.1 Å². The zero-order valence-corrected chi connectivity index (χ0v) is 8.85. The third-order valence-corrected chi connectivity index (χ3v) is 14.7. The molecule has 0 aromatic carbocycles. The van der Waals surface area contributed by atoms with Gasteiger partial charge in [-0.15, -0.1) is 0 Å². The first-order chi connectivity index (χ1) is 2.27. The standard InChI is InChI=1S/C2H12Si3/c1-4-5(2)3/h5H,4H2,1-3H3. The summed E-state index contributed by atoms with van der Waals surface area (Å²) in [5.41, 5.74) is 0. The van der Waals surface area contributed by atoms with Gasteiger partial charge in [0.15, 0.2) is 0 Å². The Labute approximate surface area is 40.4 Å². The molecule has 0 aromatic heterocycles. The summed E-state index contributed by atoms with van der Waals surface area (Å²) in [6, 6.07) is 0. The van der Waals surface area contributed by atoms with E-state index in [1.54, 1.807) is 9.76 Å². The molecule has 0 aromatic rings. The van der Waals surface area contributed by atoms with Crippen LogP contribution in [0.5, 0.6) is 0 Å². The Morgan fingerprint density at radius 3 is 2.00 bits per heavy atom. The maximum atomic E-state index is 2.48. The van der Waals surface area contributed by atoms with Gasteiger partial charge in [-0.3, -0.25) is 0 Å². The summed E-state index contributed by atoms with van der Waals surface area (Å²) in [7, 11) is 2.25. The van der Waals surface area contributed by atoms with Crippen LogP contribution >= 0.6 is 0 Å². The molecule has 0 fully saturated rings. The second-order valence-electron chi connectivity index (χ2n) is 1.80. The van der Waals surface area contributed by atoms with Crippen LogP contribution in [0.25, 0.3) is 0 Å². The van der Waals surface area contributed by atoms with Crippen LogP contribution in [-0.2, 0) is 0 Å². The van der Waals surface area contributed by atoms with E-state index >= 15 is 0 Å².